The molecule has 2 aliphatic rings. The Morgan fingerprint density at radius 3 is 2.27 bits per heavy atom. The SMILES string of the molecule is CC(C)(C)OC(=O)N1CCC[C@]1(C)c1ncc(-c2ccc(B3OC(C)(C)C(C)(C)O3)cc2)[nH]1. The zero-order valence-corrected chi connectivity index (χ0v) is 21.1. The maximum Gasteiger partial charge on any atom is 0.494 e. The van der Waals surface area contributed by atoms with Crippen LogP contribution in [0, 0.1) is 0 Å². The smallest absolute Gasteiger partial charge is 0.444 e. The Bertz CT molecular complexity index is 1010. The second kappa shape index (κ2) is 7.88. The summed E-state index contributed by atoms with van der Waals surface area (Å²) in [6.07, 6.45) is 3.28. The Morgan fingerprint density at radius 1 is 1.09 bits per heavy atom. The van der Waals surface area contributed by atoms with E-state index in [4.69, 9.17) is 14.0 Å². The van der Waals surface area contributed by atoms with Crippen LogP contribution in [0.15, 0.2) is 30.5 Å². The average Bonchev–Trinajstić information content (AvgIpc) is 3.38. The van der Waals surface area contributed by atoms with Crippen LogP contribution in [0.5, 0.6) is 0 Å². The molecule has 0 saturated carbocycles. The van der Waals surface area contributed by atoms with Crippen LogP contribution < -0.4 is 5.46 Å². The number of nitrogens with one attached hydrogen (secondary N) is 1. The predicted molar refractivity (Wildman–Crippen MR) is 129 cm³/mol. The first-order valence-electron chi connectivity index (χ1n) is 11.7. The number of carbonyl (C=O) groups is 1. The van der Waals surface area contributed by atoms with E-state index in [0.29, 0.717) is 6.54 Å². The molecule has 33 heavy (non-hydrogen) atoms. The quantitative estimate of drug-likeness (QED) is 0.687. The molecular formula is C25H36BN3O4. The Labute approximate surface area is 197 Å². The van der Waals surface area contributed by atoms with E-state index >= 15 is 0 Å². The second-order valence-corrected chi connectivity index (χ2v) is 11.4. The molecule has 1 atom stereocenters. The van der Waals surface area contributed by atoms with Gasteiger partial charge in [-0.1, -0.05) is 24.3 Å². The number of imidazole rings is 1. The molecule has 178 valence electrons. The molecule has 0 spiro atoms. The van der Waals surface area contributed by atoms with Crippen molar-refractivity contribution >= 4 is 18.7 Å². The highest BCUT2D eigenvalue weighted by Crippen LogP contribution is 2.39. The summed E-state index contributed by atoms with van der Waals surface area (Å²) in [6, 6.07) is 8.14. The van der Waals surface area contributed by atoms with Crippen LogP contribution in [-0.4, -0.2) is 51.4 Å². The highest BCUT2D eigenvalue weighted by atomic mass is 16.7. The summed E-state index contributed by atoms with van der Waals surface area (Å²) < 4.78 is 18.0. The van der Waals surface area contributed by atoms with Gasteiger partial charge in [-0.15, -0.1) is 0 Å². The average molecular weight is 453 g/mol. The first-order valence-corrected chi connectivity index (χ1v) is 11.7. The van der Waals surface area contributed by atoms with Crippen molar-refractivity contribution in [2.45, 2.75) is 90.6 Å². The summed E-state index contributed by atoms with van der Waals surface area (Å²) in [5.41, 5.74) is 1.10. The number of H-pyrrole nitrogens is 1. The third kappa shape index (κ3) is 4.43. The standard InChI is InChI=1S/C25H36BN3O4/c1-22(2,3)31-21(30)29-15-9-14-25(29,8)20-27-16-19(28-20)17-10-12-18(13-11-17)26-32-23(4,5)24(6,7)33-26/h10-13,16H,9,14-15H2,1-8H3,(H,27,28)/t25-/m1/s1. The lowest BCUT2D eigenvalue weighted by Crippen LogP contribution is -2.46. The fourth-order valence-corrected chi connectivity index (χ4v) is 4.36. The predicted octanol–water partition coefficient (Wildman–Crippen LogP) is 4.62. The van der Waals surface area contributed by atoms with E-state index in [1.165, 1.54) is 0 Å². The molecule has 1 amide bonds. The summed E-state index contributed by atoms with van der Waals surface area (Å²) in [5, 5.41) is 0. The Balaban J connectivity index is 1.52. The first kappa shape index (κ1) is 23.8. The van der Waals surface area contributed by atoms with E-state index in [-0.39, 0.29) is 24.4 Å². The number of hydrogen-bond acceptors (Lipinski definition) is 5. The molecule has 4 rings (SSSR count). The topological polar surface area (TPSA) is 76.7 Å². The summed E-state index contributed by atoms with van der Waals surface area (Å²) in [7, 11) is -0.388. The van der Waals surface area contributed by atoms with Gasteiger partial charge in [0.1, 0.15) is 17.0 Å². The van der Waals surface area contributed by atoms with Gasteiger partial charge in [-0.2, -0.15) is 0 Å². The molecule has 2 saturated heterocycles. The van der Waals surface area contributed by atoms with Gasteiger partial charge in [-0.3, -0.25) is 4.90 Å². The van der Waals surface area contributed by atoms with Crippen molar-refractivity contribution in [3.63, 3.8) is 0 Å². The normalized spacial score (nSPS) is 24.4. The molecular weight excluding hydrogens is 417 g/mol. The van der Waals surface area contributed by atoms with Crippen LogP contribution in [0.25, 0.3) is 11.3 Å². The van der Waals surface area contributed by atoms with Gasteiger partial charge >= 0.3 is 13.2 Å². The van der Waals surface area contributed by atoms with Gasteiger partial charge in [-0.25, -0.2) is 9.78 Å². The molecule has 1 aromatic heterocycles. The third-order valence-electron chi connectivity index (χ3n) is 7.09. The van der Waals surface area contributed by atoms with E-state index in [9.17, 15) is 4.79 Å². The van der Waals surface area contributed by atoms with Crippen LogP contribution in [0.4, 0.5) is 4.79 Å². The lowest BCUT2D eigenvalue weighted by atomic mass is 9.79. The molecule has 0 aliphatic carbocycles. The molecule has 1 N–H and O–H groups in total. The van der Waals surface area contributed by atoms with Crippen molar-refractivity contribution in [2.24, 2.45) is 0 Å². The summed E-state index contributed by atoms with van der Waals surface area (Å²) in [6.45, 7) is 16.6. The zero-order valence-electron chi connectivity index (χ0n) is 21.1. The molecule has 1 aromatic carbocycles. The Hall–Kier alpha value is -2.32. The van der Waals surface area contributed by atoms with Crippen LogP contribution in [0.2, 0.25) is 0 Å². The van der Waals surface area contributed by atoms with Crippen molar-refractivity contribution in [2.75, 3.05) is 6.54 Å². The number of amides is 1. The molecule has 7 nitrogen and oxygen atoms in total. The first-order chi connectivity index (χ1) is 15.2. The van der Waals surface area contributed by atoms with Crippen molar-refractivity contribution in [3.05, 3.63) is 36.3 Å². The van der Waals surface area contributed by atoms with Gasteiger partial charge in [0, 0.05) is 6.54 Å². The highest BCUT2D eigenvalue weighted by molar-refractivity contribution is 6.62. The minimum atomic E-state index is -0.534. The molecule has 0 bridgehead atoms. The number of carbonyl (C=O) groups excluding carboxylic acids is 1. The molecule has 2 aromatic rings. The largest absolute Gasteiger partial charge is 0.494 e. The van der Waals surface area contributed by atoms with Gasteiger partial charge in [0.15, 0.2) is 0 Å². The number of likely N-dealkylation sites (tertiary alicyclic amines) is 1. The maximum atomic E-state index is 12.8. The van der Waals surface area contributed by atoms with Crippen LogP contribution >= 0.6 is 0 Å². The summed E-state index contributed by atoms with van der Waals surface area (Å²) >= 11 is 0. The molecule has 0 unspecified atom stereocenters. The summed E-state index contributed by atoms with van der Waals surface area (Å²) in [4.78, 5) is 22.7. The van der Waals surface area contributed by atoms with Gasteiger partial charge in [-0.05, 0) is 79.3 Å². The molecule has 0 radical (unpaired) electrons. The number of ether oxygens (including phenoxy) is 1. The Kier molecular flexibility index (Phi) is 5.69. The fourth-order valence-electron chi connectivity index (χ4n) is 4.36. The minimum absolute atomic E-state index is 0.299. The molecule has 2 aliphatic heterocycles. The monoisotopic (exact) mass is 453 g/mol. The molecule has 3 heterocycles. The number of aromatic nitrogens is 2. The third-order valence-corrected chi connectivity index (χ3v) is 7.09. The fraction of sp³-hybridized carbons (Fsp3) is 0.600. The second-order valence-electron chi connectivity index (χ2n) is 11.4. The minimum Gasteiger partial charge on any atom is -0.444 e. The number of benzene rings is 1. The maximum absolute atomic E-state index is 12.8. The molecule has 8 heteroatoms. The van der Waals surface area contributed by atoms with Crippen LogP contribution in [0.3, 0.4) is 0 Å². The van der Waals surface area contributed by atoms with E-state index in [1.807, 2.05) is 58.2 Å². The highest BCUT2D eigenvalue weighted by Gasteiger charge is 2.51. The van der Waals surface area contributed by atoms with Crippen molar-refractivity contribution in [3.8, 4) is 11.3 Å². The number of aromatic amines is 1. The summed E-state index contributed by atoms with van der Waals surface area (Å²) in [5.74, 6) is 0.774. The van der Waals surface area contributed by atoms with Crippen molar-refractivity contribution in [1.29, 1.82) is 0 Å². The zero-order chi connectivity index (χ0) is 24.2. The van der Waals surface area contributed by atoms with Crippen LogP contribution in [-0.2, 0) is 19.6 Å². The van der Waals surface area contributed by atoms with E-state index < -0.39 is 11.1 Å². The van der Waals surface area contributed by atoms with E-state index in [2.05, 4.69) is 37.7 Å². The van der Waals surface area contributed by atoms with E-state index in [1.54, 1.807) is 4.90 Å². The molecule has 2 fully saturated rings. The van der Waals surface area contributed by atoms with Gasteiger partial charge in [0.25, 0.3) is 0 Å². The number of nitrogens with zero attached hydrogens (tertiary/aromatic N) is 2. The lowest BCUT2D eigenvalue weighted by Gasteiger charge is -2.34. The van der Waals surface area contributed by atoms with Gasteiger partial charge in [0.2, 0.25) is 0 Å². The number of hydrogen-bond donors (Lipinski definition) is 1. The van der Waals surface area contributed by atoms with Gasteiger partial charge < -0.3 is 19.0 Å². The lowest BCUT2D eigenvalue weighted by molar-refractivity contribution is 0.00578. The van der Waals surface area contributed by atoms with Crippen molar-refractivity contribution in [1.82, 2.24) is 14.9 Å². The number of rotatable bonds is 3. The van der Waals surface area contributed by atoms with Gasteiger partial charge in [0.05, 0.1) is 23.1 Å². The van der Waals surface area contributed by atoms with Crippen LogP contribution in [0.1, 0.15) is 74.1 Å². The van der Waals surface area contributed by atoms with E-state index in [0.717, 1.165) is 35.4 Å². The Morgan fingerprint density at radius 2 is 1.70 bits per heavy atom. The van der Waals surface area contributed by atoms with Crippen molar-refractivity contribution < 1.29 is 18.8 Å².